The van der Waals surface area contributed by atoms with Gasteiger partial charge in [-0.2, -0.15) is 0 Å². The highest BCUT2D eigenvalue weighted by molar-refractivity contribution is 6.22. The topological polar surface area (TPSA) is 13.1 Å². The van der Waals surface area contributed by atoms with Gasteiger partial charge < -0.3 is 4.42 Å². The van der Waals surface area contributed by atoms with Gasteiger partial charge in [0.2, 0.25) is 0 Å². The number of hydrogen-bond acceptors (Lipinski definition) is 1. The van der Waals surface area contributed by atoms with Crippen molar-refractivity contribution in [3.05, 3.63) is 144 Å². The molecule has 0 N–H and O–H groups in total. The maximum absolute atomic E-state index is 9.66. The van der Waals surface area contributed by atoms with Crippen LogP contribution >= 0.6 is 0 Å². The largest absolute Gasteiger partial charge is 0.456 e. The van der Waals surface area contributed by atoms with Crippen LogP contribution in [-0.4, -0.2) is 0 Å². The van der Waals surface area contributed by atoms with Crippen LogP contribution in [0.4, 0.5) is 0 Å². The van der Waals surface area contributed by atoms with Crippen LogP contribution in [0.15, 0.2) is 137 Å². The lowest BCUT2D eigenvalue weighted by Gasteiger charge is -2.26. The van der Waals surface area contributed by atoms with Crippen molar-refractivity contribution < 1.29 is 34.6 Å². The van der Waals surface area contributed by atoms with Gasteiger partial charge in [0.1, 0.15) is 11.2 Å². The van der Waals surface area contributed by atoms with E-state index in [1.165, 1.54) is 13.8 Å². The summed E-state index contributed by atoms with van der Waals surface area (Å²) >= 11 is 0. The summed E-state index contributed by atoms with van der Waals surface area (Å²) in [5.41, 5.74) is -5.09. The van der Waals surface area contributed by atoms with Crippen LogP contribution in [0.5, 0.6) is 0 Å². The van der Waals surface area contributed by atoms with E-state index >= 15 is 0 Å². The molecule has 1 aromatic heterocycles. The van der Waals surface area contributed by atoms with Crippen molar-refractivity contribution in [2.45, 2.75) is 19.3 Å². The van der Waals surface area contributed by atoms with E-state index in [1.807, 2.05) is 0 Å². The fourth-order valence-electron chi connectivity index (χ4n) is 6.05. The molecular weight excluding hydrogens is 508 g/mol. The highest BCUT2D eigenvalue weighted by Gasteiger charge is 2.37. The Labute approximate surface area is 275 Å². The fourth-order valence-corrected chi connectivity index (χ4v) is 6.05. The second-order valence-corrected chi connectivity index (χ2v) is 10.4. The summed E-state index contributed by atoms with van der Waals surface area (Å²) in [6.45, 7) is 3.06. The summed E-state index contributed by atoms with van der Waals surface area (Å²) in [4.78, 5) is 0. The van der Waals surface area contributed by atoms with Crippen LogP contribution in [0.25, 0.3) is 76.9 Å². The maximum atomic E-state index is 9.66. The Kier molecular flexibility index (Phi) is 2.13. The minimum Gasteiger partial charge on any atom is -0.456 e. The molecule has 0 fully saturated rings. The van der Waals surface area contributed by atoms with Gasteiger partial charge in [-0.1, -0.05) is 129 Å². The van der Waals surface area contributed by atoms with Crippen molar-refractivity contribution in [2.24, 2.45) is 0 Å². The molecule has 8 aromatic rings. The van der Waals surface area contributed by atoms with Crippen molar-refractivity contribution in [1.29, 1.82) is 0 Å². The smallest absolute Gasteiger partial charge is 0.135 e. The Morgan fingerprint density at radius 1 is 0.476 bits per heavy atom. The molecule has 0 aliphatic heterocycles. The molecule has 1 heteroatoms. The molecule has 1 heterocycles. The Morgan fingerprint density at radius 2 is 1.02 bits per heavy atom. The number of para-hydroxylation sites is 1. The van der Waals surface area contributed by atoms with Crippen LogP contribution in [-0.2, 0) is 5.41 Å². The Morgan fingerprint density at radius 3 is 1.76 bits per heavy atom. The van der Waals surface area contributed by atoms with Gasteiger partial charge in [-0.05, 0) is 84.2 Å². The first-order valence-corrected chi connectivity index (χ1v) is 12.9. The zero-order valence-corrected chi connectivity index (χ0v) is 21.9. The number of rotatable bonds is 2. The lowest BCUT2D eigenvalue weighted by molar-refractivity contribution is 0.662. The number of hydrogen-bond donors (Lipinski definition) is 0. The van der Waals surface area contributed by atoms with Crippen molar-refractivity contribution >= 4 is 43.5 Å². The van der Waals surface area contributed by atoms with Gasteiger partial charge in [-0.3, -0.25) is 0 Å². The predicted octanol–water partition coefficient (Wildman–Crippen LogP) is 11.5. The number of benzene rings is 7. The summed E-state index contributed by atoms with van der Waals surface area (Å²) in [5, 5.41) is -2.98. The molecule has 7 aromatic carbocycles. The molecule has 0 bridgehead atoms. The minimum atomic E-state index is -1.58. The van der Waals surface area contributed by atoms with Crippen molar-refractivity contribution in [2.75, 3.05) is 0 Å². The first kappa shape index (κ1) is 10.6. The second-order valence-electron chi connectivity index (χ2n) is 10.4. The highest BCUT2D eigenvalue weighted by Crippen LogP contribution is 2.54. The molecule has 0 unspecified atom stereocenters. The molecule has 0 atom stereocenters. The quantitative estimate of drug-likeness (QED) is 0.192. The van der Waals surface area contributed by atoms with Gasteiger partial charge >= 0.3 is 0 Å². The zero-order valence-electron chi connectivity index (χ0n) is 43.9. The van der Waals surface area contributed by atoms with Crippen molar-refractivity contribution in [3.8, 4) is 33.4 Å². The van der Waals surface area contributed by atoms with Gasteiger partial charge in [-0.15, -0.1) is 0 Å². The Balaban J connectivity index is 1.64. The average molecular weight is 559 g/mol. The highest BCUT2D eigenvalue weighted by atomic mass is 16.3. The summed E-state index contributed by atoms with van der Waals surface area (Å²) in [7, 11) is 0. The lowest BCUT2D eigenvalue weighted by atomic mass is 9.77. The summed E-state index contributed by atoms with van der Waals surface area (Å²) in [6.07, 6.45) is 0. The zero-order chi connectivity index (χ0) is 47.1. The summed E-state index contributed by atoms with van der Waals surface area (Å²) in [6, 6.07) is -16.6. The van der Waals surface area contributed by atoms with Crippen LogP contribution in [0.2, 0.25) is 0 Å². The van der Waals surface area contributed by atoms with E-state index in [9.17, 15) is 9.60 Å². The van der Waals surface area contributed by atoms with E-state index < -0.39 is 199 Å². The Bertz CT molecular complexity index is 3520. The molecule has 42 heavy (non-hydrogen) atoms. The van der Waals surface area contributed by atoms with Gasteiger partial charge in [0.15, 0.2) is 0 Å². The predicted molar refractivity (Wildman–Crippen MR) is 177 cm³/mol. The molecule has 0 amide bonds. The van der Waals surface area contributed by atoms with E-state index in [-0.39, 0.29) is 27.6 Å². The van der Waals surface area contributed by atoms with Gasteiger partial charge in [0.25, 0.3) is 0 Å². The molecule has 0 radical (unpaired) electrons. The molecule has 1 nitrogen and oxygen atoms in total. The third-order valence-electron chi connectivity index (χ3n) is 7.82. The monoisotopic (exact) mass is 558 g/mol. The van der Waals surface area contributed by atoms with Gasteiger partial charge in [0, 0.05) is 16.2 Å². The third-order valence-corrected chi connectivity index (χ3v) is 7.82. The number of fused-ring (bicyclic) bond motifs is 8. The first-order chi connectivity index (χ1) is 29.8. The van der Waals surface area contributed by atoms with E-state index in [2.05, 4.69) is 0 Å². The van der Waals surface area contributed by atoms with E-state index in [0.717, 1.165) is 0 Å². The molecule has 1 aliphatic rings. The average Bonchev–Trinajstić information content (AvgIpc) is 3.78. The maximum Gasteiger partial charge on any atom is 0.135 e. The van der Waals surface area contributed by atoms with Crippen molar-refractivity contribution in [1.82, 2.24) is 0 Å². The van der Waals surface area contributed by atoms with E-state index in [1.54, 1.807) is 0 Å². The first-order valence-electron chi connectivity index (χ1n) is 23.9. The van der Waals surface area contributed by atoms with Gasteiger partial charge in [-0.25, -0.2) is 0 Å². The molecule has 198 valence electrons. The van der Waals surface area contributed by atoms with Crippen molar-refractivity contribution in [3.63, 3.8) is 0 Å². The standard InChI is InChI=1S/C41H28O/c1-41(2)35-20-9-7-12-26(35)32-18-11-19-33(40(32)41)39-30-16-5-3-14-28(30)38(29-15-4-6-17-31(29)39)25-22-23-37-34(24-25)27-13-8-10-21-36(27)42-37/h3-24H,1-2H3/i3D,4D,5D,6D,7D,8D,9D,10D,11D,12D,13D,14D,15D,16D,17D,18D,19D,20D,21D,22D,23D,24D. The molecule has 0 spiro atoms. The molecular formula is C41H28O. The third kappa shape index (κ3) is 3.08. The molecule has 0 saturated carbocycles. The van der Waals surface area contributed by atoms with Crippen LogP contribution < -0.4 is 0 Å². The van der Waals surface area contributed by atoms with Gasteiger partial charge in [0.05, 0.1) is 30.2 Å². The van der Waals surface area contributed by atoms with E-state index in [0.29, 0.717) is 0 Å². The second kappa shape index (κ2) is 8.44. The van der Waals surface area contributed by atoms with E-state index in [4.69, 9.17) is 25.0 Å². The fraction of sp³-hybridized carbons (Fsp3) is 0.0732. The number of furan rings is 1. The lowest BCUT2D eigenvalue weighted by Crippen LogP contribution is -2.16. The summed E-state index contributed by atoms with van der Waals surface area (Å²) < 4.78 is 204. The SMILES string of the molecule is [2H]c1c([2H])c([2H])c2c(c1[2H])-c1c([2H])c([2H])c([2H])c(-c3c4c([2H])c([2H])c([2H])c([2H])c4c(-c4c([2H])c([2H])c5oc6c([2H])c([2H])c([2H])c([2H])c6c5c4[2H])c4c([2H])c([2H])c([2H])c([2H])c34)c1C2(C)C. The molecule has 1 aliphatic carbocycles. The Hall–Kier alpha value is -5.14. The van der Waals surface area contributed by atoms with Crippen LogP contribution in [0.3, 0.4) is 0 Å². The van der Waals surface area contributed by atoms with Crippen LogP contribution in [0.1, 0.15) is 55.1 Å². The van der Waals surface area contributed by atoms with Crippen LogP contribution in [0, 0.1) is 0 Å². The minimum absolute atomic E-state index is 0.0263. The molecule has 9 rings (SSSR count). The summed E-state index contributed by atoms with van der Waals surface area (Å²) in [5.74, 6) is 0. The molecule has 0 saturated heterocycles. The normalized spacial score (nSPS) is 21.0.